The molecule has 0 radical (unpaired) electrons. The number of unbranched alkanes of at least 4 members (excludes halogenated alkanes) is 1. The van der Waals surface area contributed by atoms with Crippen molar-refractivity contribution in [1.82, 2.24) is 0 Å². The van der Waals surface area contributed by atoms with Crippen molar-refractivity contribution >= 4 is 0 Å². The fourth-order valence-corrected chi connectivity index (χ4v) is 2.32. The van der Waals surface area contributed by atoms with Crippen LogP contribution in [0, 0.1) is 19.7 Å². The van der Waals surface area contributed by atoms with Crippen LogP contribution in [-0.4, -0.2) is 0 Å². The summed E-state index contributed by atoms with van der Waals surface area (Å²) in [5, 5.41) is 0. The molecule has 2 rings (SSSR count). The molecule has 2 aromatic rings. The van der Waals surface area contributed by atoms with Crippen LogP contribution in [0.3, 0.4) is 0 Å². The number of hydrogen-bond acceptors (Lipinski definition) is 0. The van der Waals surface area contributed by atoms with Gasteiger partial charge < -0.3 is 0 Å². The fraction of sp³-hybridized carbons (Fsp3) is 0.333. The average Bonchev–Trinajstić information content (AvgIpc) is 2.41. The second-order valence-corrected chi connectivity index (χ2v) is 5.22. The van der Waals surface area contributed by atoms with Crippen molar-refractivity contribution < 1.29 is 4.39 Å². The van der Waals surface area contributed by atoms with Crippen LogP contribution in [0.15, 0.2) is 42.5 Å². The summed E-state index contributed by atoms with van der Waals surface area (Å²) in [7, 11) is 0. The van der Waals surface area contributed by atoms with E-state index in [1.165, 1.54) is 17.2 Å². The van der Waals surface area contributed by atoms with Gasteiger partial charge in [-0.1, -0.05) is 42.0 Å². The molecule has 0 heterocycles. The predicted octanol–water partition coefficient (Wildman–Crippen LogP) is 5.01. The summed E-state index contributed by atoms with van der Waals surface area (Å²) < 4.78 is 13.4. The van der Waals surface area contributed by atoms with E-state index < -0.39 is 0 Å². The van der Waals surface area contributed by atoms with Gasteiger partial charge in [-0.3, -0.25) is 0 Å². The largest absolute Gasteiger partial charge is 0.207 e. The number of benzene rings is 2. The highest BCUT2D eigenvalue weighted by Gasteiger charge is 2.03. The summed E-state index contributed by atoms with van der Waals surface area (Å²) in [6.07, 6.45) is 4.33. The Morgan fingerprint density at radius 2 is 1.53 bits per heavy atom. The third-order valence-electron chi connectivity index (χ3n) is 3.66. The molecule has 0 N–H and O–H groups in total. The topological polar surface area (TPSA) is 0 Å². The van der Waals surface area contributed by atoms with E-state index in [2.05, 4.69) is 31.2 Å². The van der Waals surface area contributed by atoms with Gasteiger partial charge in [0.05, 0.1) is 0 Å². The van der Waals surface area contributed by atoms with Crippen LogP contribution in [-0.2, 0) is 12.8 Å². The highest BCUT2D eigenvalue weighted by Crippen LogP contribution is 2.15. The smallest absolute Gasteiger partial charge is 0.126 e. The maximum Gasteiger partial charge on any atom is 0.126 e. The molecule has 0 saturated carbocycles. The number of halogens is 1. The van der Waals surface area contributed by atoms with Crippen LogP contribution in [0.4, 0.5) is 4.39 Å². The molecular weight excluding hydrogens is 235 g/mol. The van der Waals surface area contributed by atoms with Crippen molar-refractivity contribution in [2.75, 3.05) is 0 Å². The Balaban J connectivity index is 1.81. The van der Waals surface area contributed by atoms with Crippen LogP contribution in [0.5, 0.6) is 0 Å². The van der Waals surface area contributed by atoms with Gasteiger partial charge in [-0.2, -0.15) is 0 Å². The molecule has 0 saturated heterocycles. The van der Waals surface area contributed by atoms with Crippen LogP contribution in [0.1, 0.15) is 35.1 Å². The van der Waals surface area contributed by atoms with Crippen molar-refractivity contribution in [3.05, 3.63) is 70.5 Å². The van der Waals surface area contributed by atoms with E-state index >= 15 is 0 Å². The Bertz CT molecular complexity index is 526. The van der Waals surface area contributed by atoms with Gasteiger partial charge in [0.15, 0.2) is 0 Å². The molecule has 0 spiro atoms. The first-order valence-corrected chi connectivity index (χ1v) is 6.96. The van der Waals surface area contributed by atoms with E-state index in [9.17, 15) is 4.39 Å². The molecule has 0 aliphatic rings. The van der Waals surface area contributed by atoms with Crippen LogP contribution in [0.2, 0.25) is 0 Å². The van der Waals surface area contributed by atoms with E-state index in [1.54, 1.807) is 6.07 Å². The highest BCUT2D eigenvalue weighted by atomic mass is 19.1. The normalized spacial score (nSPS) is 10.7. The standard InChI is InChI=1S/C18H21F/c1-14-10-12-16(13-11-14)6-3-4-7-17-8-5-9-18(19)15(17)2/h5,8-13H,3-4,6-7H2,1-2H3. The molecule has 100 valence electrons. The summed E-state index contributed by atoms with van der Waals surface area (Å²) in [5.74, 6) is -0.0870. The van der Waals surface area contributed by atoms with Crippen molar-refractivity contribution in [2.45, 2.75) is 39.5 Å². The maximum atomic E-state index is 13.4. The summed E-state index contributed by atoms with van der Waals surface area (Å²) in [5.41, 5.74) is 4.64. The second kappa shape index (κ2) is 6.51. The van der Waals surface area contributed by atoms with E-state index in [-0.39, 0.29) is 5.82 Å². The van der Waals surface area contributed by atoms with Crippen molar-refractivity contribution in [2.24, 2.45) is 0 Å². The Morgan fingerprint density at radius 3 is 2.26 bits per heavy atom. The Kier molecular flexibility index (Phi) is 4.73. The molecular formula is C18H21F. The molecule has 0 atom stereocenters. The van der Waals surface area contributed by atoms with E-state index in [0.717, 1.165) is 36.8 Å². The van der Waals surface area contributed by atoms with Gasteiger partial charge in [-0.05, 0) is 62.3 Å². The third-order valence-corrected chi connectivity index (χ3v) is 3.66. The maximum absolute atomic E-state index is 13.4. The lowest BCUT2D eigenvalue weighted by atomic mass is 10.00. The zero-order chi connectivity index (χ0) is 13.7. The van der Waals surface area contributed by atoms with Crippen LogP contribution >= 0.6 is 0 Å². The molecule has 0 bridgehead atoms. The molecule has 0 fully saturated rings. The lowest BCUT2D eigenvalue weighted by molar-refractivity contribution is 0.613. The minimum Gasteiger partial charge on any atom is -0.207 e. The molecule has 0 amide bonds. The Morgan fingerprint density at radius 1 is 0.842 bits per heavy atom. The molecule has 0 aliphatic carbocycles. The van der Waals surface area contributed by atoms with Crippen molar-refractivity contribution in [3.8, 4) is 0 Å². The van der Waals surface area contributed by atoms with Gasteiger partial charge in [0.2, 0.25) is 0 Å². The lowest BCUT2D eigenvalue weighted by Crippen LogP contribution is -1.94. The monoisotopic (exact) mass is 256 g/mol. The van der Waals surface area contributed by atoms with Gasteiger partial charge in [0.25, 0.3) is 0 Å². The van der Waals surface area contributed by atoms with Crippen molar-refractivity contribution in [1.29, 1.82) is 0 Å². The molecule has 0 nitrogen and oxygen atoms in total. The predicted molar refractivity (Wildman–Crippen MR) is 79.0 cm³/mol. The Labute approximate surface area is 115 Å². The molecule has 0 aromatic heterocycles. The molecule has 19 heavy (non-hydrogen) atoms. The summed E-state index contributed by atoms with van der Waals surface area (Å²) in [4.78, 5) is 0. The molecule has 2 aromatic carbocycles. The highest BCUT2D eigenvalue weighted by molar-refractivity contribution is 5.27. The first-order chi connectivity index (χ1) is 9.16. The van der Waals surface area contributed by atoms with Crippen LogP contribution in [0.25, 0.3) is 0 Å². The molecule has 0 unspecified atom stereocenters. The summed E-state index contributed by atoms with van der Waals surface area (Å²) >= 11 is 0. The van der Waals surface area contributed by atoms with Gasteiger partial charge in [-0.15, -0.1) is 0 Å². The summed E-state index contributed by atoms with van der Waals surface area (Å²) in [6.45, 7) is 3.97. The minimum absolute atomic E-state index is 0.0870. The first kappa shape index (κ1) is 13.8. The molecule has 1 heteroatoms. The average molecular weight is 256 g/mol. The Hall–Kier alpha value is -1.63. The van der Waals surface area contributed by atoms with Gasteiger partial charge in [0, 0.05) is 0 Å². The SMILES string of the molecule is Cc1ccc(CCCCc2cccc(F)c2C)cc1. The van der Waals surface area contributed by atoms with Crippen molar-refractivity contribution in [3.63, 3.8) is 0 Å². The summed E-state index contributed by atoms with van der Waals surface area (Å²) in [6, 6.07) is 14.1. The molecule has 0 aliphatic heterocycles. The first-order valence-electron chi connectivity index (χ1n) is 6.96. The van der Waals surface area contributed by atoms with Crippen LogP contribution < -0.4 is 0 Å². The third kappa shape index (κ3) is 3.92. The van der Waals surface area contributed by atoms with Gasteiger partial charge >= 0.3 is 0 Å². The minimum atomic E-state index is -0.0870. The number of hydrogen-bond donors (Lipinski definition) is 0. The zero-order valence-corrected chi connectivity index (χ0v) is 11.7. The van der Waals surface area contributed by atoms with E-state index in [1.807, 2.05) is 13.0 Å². The zero-order valence-electron chi connectivity index (χ0n) is 11.7. The number of rotatable bonds is 5. The lowest BCUT2D eigenvalue weighted by Gasteiger charge is -2.07. The van der Waals surface area contributed by atoms with Gasteiger partial charge in [-0.25, -0.2) is 4.39 Å². The second-order valence-electron chi connectivity index (χ2n) is 5.22. The van der Waals surface area contributed by atoms with E-state index in [4.69, 9.17) is 0 Å². The quantitative estimate of drug-likeness (QED) is 0.660. The fourth-order valence-electron chi connectivity index (χ4n) is 2.32. The number of aryl methyl sites for hydroxylation is 3. The van der Waals surface area contributed by atoms with Gasteiger partial charge in [0.1, 0.15) is 5.82 Å². The van der Waals surface area contributed by atoms with E-state index in [0.29, 0.717) is 0 Å².